The molecule has 5 saturated heterocycles. The number of aliphatic imine (C=N–C) groups is 1. The first-order chi connectivity index (χ1) is 39.5. The van der Waals surface area contributed by atoms with Crippen molar-refractivity contribution in [3.63, 3.8) is 0 Å². The van der Waals surface area contributed by atoms with Crippen LogP contribution in [0.3, 0.4) is 0 Å². The molecule has 0 amide bonds. The van der Waals surface area contributed by atoms with E-state index in [1.54, 1.807) is 7.11 Å². The number of nitrogens with zero attached hydrogens (tertiary/aromatic N) is 1. The third kappa shape index (κ3) is 18.1. The van der Waals surface area contributed by atoms with Gasteiger partial charge in [0.2, 0.25) is 5.72 Å². The summed E-state index contributed by atoms with van der Waals surface area (Å²) >= 11 is 0. The number of fused-ring (bicyclic) bond motifs is 1. The first kappa shape index (κ1) is 75.5. The Hall–Kier alpha value is -0.536. The molecule has 8 aliphatic rings. The van der Waals surface area contributed by atoms with Crippen molar-refractivity contribution in [3.8, 4) is 0 Å². The zero-order valence-corrected chi connectivity index (χ0v) is 65.8. The van der Waals surface area contributed by atoms with Gasteiger partial charge in [0.15, 0.2) is 41.6 Å². The van der Waals surface area contributed by atoms with E-state index >= 15 is 4.79 Å². The second-order valence-electron chi connectivity index (χ2n) is 35.4. The predicted octanol–water partition coefficient (Wildman–Crippen LogP) is 17.5. The summed E-state index contributed by atoms with van der Waals surface area (Å²) in [6, 6.07) is 0. The number of rotatable bonds is 18. The first-order valence-electron chi connectivity index (χ1n) is 34.1. The average molecular weight is 1310 g/mol. The van der Waals surface area contributed by atoms with Crippen molar-refractivity contribution < 1.29 is 55.3 Å². The normalized spacial score (nSPS) is 34.2. The van der Waals surface area contributed by atoms with Gasteiger partial charge in [-0.2, -0.15) is 0 Å². The summed E-state index contributed by atoms with van der Waals surface area (Å²) in [6.45, 7) is 67.5. The van der Waals surface area contributed by atoms with Crippen molar-refractivity contribution in [2.24, 2.45) is 16.8 Å². The van der Waals surface area contributed by atoms with Gasteiger partial charge in [-0.25, -0.2) is 0 Å². The van der Waals surface area contributed by atoms with Crippen molar-refractivity contribution >= 4 is 53.1 Å². The molecule has 8 aliphatic heterocycles. The van der Waals surface area contributed by atoms with Crippen molar-refractivity contribution in [1.82, 2.24) is 0 Å². The van der Waals surface area contributed by atoms with Crippen molar-refractivity contribution in [1.29, 1.82) is 0 Å². The smallest absolute Gasteiger partial charge is 0.212 e. The largest absolute Gasteiger partial charge is 0.414 e. The quantitative estimate of drug-likeness (QED) is 0.0956. The Labute approximate surface area is 537 Å². The lowest BCUT2D eigenvalue weighted by Gasteiger charge is -2.60. The number of methoxy groups -OCH3 is 1. The SMILES string of the molecule is C=C1C[C@@H]2CCC/C=C/C(O[Si](C)(C)C(C)(C)C)C3O[C@H]4CCC(CC(=O)C[C@H]5[C@H](C)OC(C[C@@H](CO[Si](C)(C)C(C)(C)C)O[Si](C)(C)C(C)(C)C)[C@@H]5OC)OC4(N=C4COC(CCC1O2)C[C@H]4C)C(O[Si](C)(C)C(C)(C)C)C3O[Si](C)(C)C(C)(C)C. The molecule has 8 heterocycles. The maximum Gasteiger partial charge on any atom is 0.212 e. The van der Waals surface area contributed by atoms with Gasteiger partial charge in [-0.15, -0.1) is 0 Å². The van der Waals surface area contributed by atoms with Crippen LogP contribution in [0.4, 0.5) is 0 Å². The molecule has 9 unspecified atom stereocenters. The van der Waals surface area contributed by atoms with Gasteiger partial charge in [-0.1, -0.05) is 130 Å². The van der Waals surface area contributed by atoms with E-state index in [1.165, 1.54) is 5.57 Å². The number of carbonyl (C=O) groups excluding carboxylic acids is 1. The van der Waals surface area contributed by atoms with E-state index in [1.807, 2.05) is 0 Å². The minimum atomic E-state index is -2.71. The molecular weight excluding hydrogens is 1180 g/mol. The molecule has 5 fully saturated rings. The van der Waals surface area contributed by atoms with E-state index in [4.69, 9.17) is 55.5 Å². The molecule has 8 rings (SSSR count). The first-order valence-corrected chi connectivity index (χ1v) is 48.7. The number of carbonyl (C=O) groups is 1. The highest BCUT2D eigenvalue weighted by atomic mass is 28.4. The Balaban J connectivity index is 1.45. The van der Waals surface area contributed by atoms with Gasteiger partial charge in [-0.05, 0) is 167 Å². The maximum absolute atomic E-state index is 15.2. The van der Waals surface area contributed by atoms with Gasteiger partial charge >= 0.3 is 0 Å². The number of Topliss-reactive ketones (excluding diaryl/α,β-unsaturated/α-hetero) is 1. The molecule has 87 heavy (non-hydrogen) atoms. The fourth-order valence-electron chi connectivity index (χ4n) is 12.3. The summed E-state index contributed by atoms with van der Waals surface area (Å²) in [5.74, 6) is 0.0210. The Morgan fingerprint density at radius 1 is 0.690 bits per heavy atom. The molecular formula is C69H131NO12Si5. The van der Waals surface area contributed by atoms with Gasteiger partial charge in [-0.3, -0.25) is 9.79 Å². The molecule has 504 valence electrons. The lowest BCUT2D eigenvalue weighted by molar-refractivity contribution is -0.312. The van der Waals surface area contributed by atoms with E-state index in [9.17, 15) is 0 Å². The highest BCUT2D eigenvalue weighted by molar-refractivity contribution is 6.76. The van der Waals surface area contributed by atoms with Gasteiger partial charge in [0.1, 0.15) is 30.2 Å². The van der Waals surface area contributed by atoms with Crippen LogP contribution >= 0.6 is 0 Å². The minimum absolute atomic E-state index is 0.00921. The summed E-state index contributed by atoms with van der Waals surface area (Å²) in [7, 11) is -10.4. The fourth-order valence-corrected chi connectivity index (χ4v) is 18.5. The van der Waals surface area contributed by atoms with Crippen LogP contribution in [0.1, 0.15) is 195 Å². The number of allylic oxidation sites excluding steroid dienone is 1. The average Bonchev–Trinajstić information content (AvgIpc) is 1.26. The molecule has 6 bridgehead atoms. The topological polar surface area (TPSA) is 131 Å². The molecule has 13 nitrogen and oxygen atoms in total. The highest BCUT2D eigenvalue weighted by Gasteiger charge is 2.66. The molecule has 18 heteroatoms. The van der Waals surface area contributed by atoms with E-state index in [0.29, 0.717) is 38.9 Å². The van der Waals surface area contributed by atoms with Gasteiger partial charge < -0.3 is 50.6 Å². The highest BCUT2D eigenvalue weighted by Crippen LogP contribution is 2.53. The summed E-state index contributed by atoms with van der Waals surface area (Å²) in [5.41, 5.74) is 0.737. The standard InChI is InChI=1S/C69H131NO12Si5/c1-46-39-50-35-37-56-47(2)40-51(76-56)33-31-30-32-34-57(80-85(24,25)66(10,11)12)61-62(81-86(26,27)67(13,14)15)63(82-87(28,29)68(16,17)18)69(70-55(46)45-73-50)59(77-61)38-36-52(78-69)41-49(71)42-54-48(3)75-58(60(54)72-19)43-53(79-84(22,23)65(7,8)9)44-74-83(20,21)64(4,5)6/h32,34,46,48,50-54,56-63H,2,30-31,33,35-45H2,1,3-29H3/b34-32+,70-55?/t46-,48+,50?,51+,52?,53+,54+,56?,57?,58?,59+,60-,61?,62?,63?,69?/m1/s1. The van der Waals surface area contributed by atoms with Gasteiger partial charge in [0, 0.05) is 38.0 Å². The van der Waals surface area contributed by atoms with Gasteiger partial charge in [0.05, 0.1) is 68.1 Å². The van der Waals surface area contributed by atoms with Crippen LogP contribution in [0.5, 0.6) is 0 Å². The Morgan fingerprint density at radius 2 is 1.28 bits per heavy atom. The van der Waals surface area contributed by atoms with Crippen LogP contribution in [-0.2, 0) is 55.3 Å². The number of hydrogen-bond donors (Lipinski definition) is 0. The molecule has 16 atom stereocenters. The monoisotopic (exact) mass is 1310 g/mol. The Kier molecular flexibility index (Phi) is 24.3. The van der Waals surface area contributed by atoms with Crippen molar-refractivity contribution in [3.05, 3.63) is 24.3 Å². The second-order valence-corrected chi connectivity index (χ2v) is 59.2. The number of ketones is 1. The molecule has 0 aromatic carbocycles. The number of hydrogen-bond acceptors (Lipinski definition) is 13. The van der Waals surface area contributed by atoms with E-state index < -0.39 is 83.9 Å². The summed E-state index contributed by atoms with van der Waals surface area (Å²) in [5, 5.41) is -0.382. The molecule has 0 aromatic rings. The zero-order valence-electron chi connectivity index (χ0n) is 60.8. The predicted molar refractivity (Wildman–Crippen MR) is 370 cm³/mol. The third-order valence-corrected chi connectivity index (χ3v) is 45.8. The van der Waals surface area contributed by atoms with Crippen molar-refractivity contribution in [2.45, 2.75) is 370 Å². The third-order valence-electron chi connectivity index (χ3n) is 23.4. The molecule has 0 aromatic heterocycles. The van der Waals surface area contributed by atoms with Crippen LogP contribution in [0.25, 0.3) is 0 Å². The van der Waals surface area contributed by atoms with Crippen LogP contribution in [-0.4, -0.2) is 158 Å². The summed E-state index contributed by atoms with van der Waals surface area (Å²) in [6.07, 6.45) is 9.11. The molecule has 1 spiro atoms. The van der Waals surface area contributed by atoms with E-state index in [2.05, 4.69) is 202 Å². The molecule has 0 aliphatic carbocycles. The summed E-state index contributed by atoms with van der Waals surface area (Å²) in [4.78, 5) is 21.3. The van der Waals surface area contributed by atoms with Gasteiger partial charge in [0.25, 0.3) is 0 Å². The number of ether oxygens (including phenoxy) is 6. The summed E-state index contributed by atoms with van der Waals surface area (Å²) < 4.78 is 80.7. The Bertz CT molecular complexity index is 2360. The van der Waals surface area contributed by atoms with E-state index in [-0.39, 0.29) is 92.0 Å². The second kappa shape index (κ2) is 28.0. The van der Waals surface area contributed by atoms with Crippen LogP contribution < -0.4 is 0 Å². The van der Waals surface area contributed by atoms with Crippen molar-refractivity contribution in [2.75, 3.05) is 20.3 Å². The van der Waals surface area contributed by atoms with Crippen LogP contribution in [0, 0.1) is 11.8 Å². The fraction of sp³-hybridized carbons (Fsp3) is 0.913. The maximum atomic E-state index is 15.2. The van der Waals surface area contributed by atoms with E-state index in [0.717, 1.165) is 50.7 Å². The Morgan fingerprint density at radius 3 is 1.85 bits per heavy atom. The zero-order chi connectivity index (χ0) is 65.7. The van der Waals surface area contributed by atoms with Crippen LogP contribution in [0.15, 0.2) is 29.3 Å². The molecule has 0 radical (unpaired) electrons. The molecule has 0 saturated carbocycles. The lowest BCUT2D eigenvalue weighted by Crippen LogP contribution is -2.74. The van der Waals surface area contributed by atoms with Crippen LogP contribution in [0.2, 0.25) is 90.7 Å². The lowest BCUT2D eigenvalue weighted by atomic mass is 9.81. The molecule has 0 N–H and O–H groups in total. The minimum Gasteiger partial charge on any atom is -0.414 e.